The number of carbonyl (C=O) groups is 1. The zero-order valence-electron chi connectivity index (χ0n) is 23.0. The molecule has 0 unspecified atom stereocenters. The SMILES string of the molecule is [2H]c1c([2H])c(C([2H])([2H])CNC(=O)C([2H])([2H])[2H])c2c([2H])c(OC([2H])([2H])[2H])c([2H])c([2H])c2c1[2H]. The van der Waals surface area contributed by atoms with E-state index >= 15 is 0 Å². The third kappa shape index (κ3) is 2.80. The number of nitrogens with one attached hydrogen (secondary N) is 1. The zero-order valence-corrected chi connectivity index (χ0v) is 9.02. The molecule has 0 aliphatic heterocycles. The van der Waals surface area contributed by atoms with Crippen LogP contribution in [0.5, 0.6) is 5.75 Å². The van der Waals surface area contributed by atoms with Gasteiger partial charge < -0.3 is 10.1 Å². The summed E-state index contributed by atoms with van der Waals surface area (Å²) in [5, 5.41) is 0.675. The summed E-state index contributed by atoms with van der Waals surface area (Å²) >= 11 is 0. The van der Waals surface area contributed by atoms with Gasteiger partial charge in [-0.2, -0.15) is 0 Å². The second kappa shape index (κ2) is 5.54. The van der Waals surface area contributed by atoms with Gasteiger partial charge >= 0.3 is 0 Å². The van der Waals surface area contributed by atoms with Gasteiger partial charge in [0.25, 0.3) is 0 Å². The lowest BCUT2D eigenvalue weighted by atomic mass is 10.0. The van der Waals surface area contributed by atoms with Crippen molar-refractivity contribution in [3.63, 3.8) is 0 Å². The van der Waals surface area contributed by atoms with Gasteiger partial charge in [0, 0.05) is 20.3 Å². The van der Waals surface area contributed by atoms with E-state index < -0.39 is 91.1 Å². The number of hydrogen-bond donors (Lipinski definition) is 1. The fourth-order valence-electron chi connectivity index (χ4n) is 1.29. The summed E-state index contributed by atoms with van der Waals surface area (Å²) in [5.74, 6) is -2.41. The van der Waals surface area contributed by atoms with Crippen LogP contribution in [0.25, 0.3) is 10.8 Å². The largest absolute Gasteiger partial charge is 0.497 e. The fraction of sp³-hybridized carbons (Fsp3) is 0.267. The van der Waals surface area contributed by atoms with Crippen LogP contribution in [-0.4, -0.2) is 19.5 Å². The van der Waals surface area contributed by atoms with E-state index in [1.807, 2.05) is 5.32 Å². The second-order valence-corrected chi connectivity index (χ2v) is 3.17. The van der Waals surface area contributed by atoms with E-state index in [2.05, 4.69) is 4.74 Å². The molecular weight excluding hydrogens is 226 g/mol. The number of methoxy groups -OCH3 is 1. The maximum absolute atomic E-state index is 11.7. The molecule has 1 amide bonds. The number of fused-ring (bicyclic) bond motifs is 1. The van der Waals surface area contributed by atoms with Crippen molar-refractivity contribution < 1.29 is 28.7 Å². The quantitative estimate of drug-likeness (QED) is 0.914. The highest BCUT2D eigenvalue weighted by Gasteiger charge is 2.03. The van der Waals surface area contributed by atoms with Gasteiger partial charge in [-0.15, -0.1) is 0 Å². The second-order valence-electron chi connectivity index (χ2n) is 3.17. The molecule has 0 spiro atoms. The summed E-state index contributed by atoms with van der Waals surface area (Å²) in [6, 6.07) is -5.09. The number of carbonyl (C=O) groups excluding carboxylic acids is 1. The lowest BCUT2D eigenvalue weighted by Crippen LogP contribution is -2.22. The first-order chi connectivity index (χ1) is 14.3. The Kier molecular flexibility index (Phi) is 1.15. The van der Waals surface area contributed by atoms with Gasteiger partial charge in [0.2, 0.25) is 5.91 Å². The topological polar surface area (TPSA) is 38.3 Å². The van der Waals surface area contributed by atoms with Gasteiger partial charge in [-0.25, -0.2) is 0 Å². The number of amides is 1. The van der Waals surface area contributed by atoms with Crippen molar-refractivity contribution in [1.82, 2.24) is 5.32 Å². The molecule has 0 bridgehead atoms. The Morgan fingerprint density at radius 3 is 3.28 bits per heavy atom. The van der Waals surface area contributed by atoms with Crippen LogP contribution in [-0.2, 0) is 11.2 Å². The van der Waals surface area contributed by atoms with Gasteiger partial charge in [-0.1, -0.05) is 24.2 Å². The van der Waals surface area contributed by atoms with Gasteiger partial charge in [0.15, 0.2) is 0 Å². The standard InChI is InChI=1S/C15H17NO2/c1-11(17)16-9-8-13-5-3-4-12-6-7-14(18-2)10-15(12)13/h3-7,10H,8-9H2,1-2H3,(H,16,17)/i1D3,2D3,3D,4D,5D,6D,7D,8D2,10D. The Balaban J connectivity index is 2.89. The summed E-state index contributed by atoms with van der Waals surface area (Å²) in [6.07, 6.45) is -2.79. The van der Waals surface area contributed by atoms with E-state index in [1.54, 1.807) is 0 Å². The Morgan fingerprint density at radius 2 is 2.44 bits per heavy atom. The van der Waals surface area contributed by atoms with Crippen LogP contribution in [0.2, 0.25) is 0 Å². The Morgan fingerprint density at radius 1 is 1.50 bits per heavy atom. The van der Waals surface area contributed by atoms with E-state index in [1.165, 1.54) is 0 Å². The van der Waals surface area contributed by atoms with Crippen LogP contribution in [0.15, 0.2) is 36.3 Å². The zero-order chi connectivity index (χ0) is 25.0. The van der Waals surface area contributed by atoms with Gasteiger partial charge in [-0.3, -0.25) is 4.79 Å². The monoisotopic (exact) mass is 257 g/mol. The van der Waals surface area contributed by atoms with E-state index in [0.717, 1.165) is 0 Å². The molecule has 0 atom stereocenters. The van der Waals surface area contributed by atoms with E-state index in [-0.39, 0.29) is 0 Å². The Hall–Kier alpha value is -2.03. The molecule has 94 valence electrons. The first kappa shape index (κ1) is 3.73. The van der Waals surface area contributed by atoms with Gasteiger partial charge in [0.1, 0.15) is 5.75 Å². The molecule has 0 saturated heterocycles. The van der Waals surface area contributed by atoms with E-state index in [0.29, 0.717) is 0 Å². The molecule has 3 nitrogen and oxygen atoms in total. The van der Waals surface area contributed by atoms with Crippen molar-refractivity contribution in [2.75, 3.05) is 13.6 Å². The molecule has 18 heavy (non-hydrogen) atoms. The Labute approximate surface area is 126 Å². The van der Waals surface area contributed by atoms with Crippen molar-refractivity contribution in [3.8, 4) is 5.75 Å². The average molecular weight is 257 g/mol. The highest BCUT2D eigenvalue weighted by Crippen LogP contribution is 2.24. The predicted molar refractivity (Wildman–Crippen MR) is 72.9 cm³/mol. The summed E-state index contributed by atoms with van der Waals surface area (Å²) in [5.41, 5.74) is -0.756. The first-order valence-electron chi connectivity index (χ1n) is 11.8. The average Bonchev–Trinajstić information content (AvgIpc) is 2.63. The normalized spacial score (nSPS) is 23.8. The summed E-state index contributed by atoms with van der Waals surface area (Å²) in [4.78, 5) is 11.7. The van der Waals surface area contributed by atoms with Crippen LogP contribution in [0.1, 0.15) is 31.6 Å². The molecular formula is C15H17NO2. The van der Waals surface area contributed by atoms with Gasteiger partial charge in [0.05, 0.1) is 19.4 Å². The number of hydrogen-bond acceptors (Lipinski definition) is 2. The van der Waals surface area contributed by atoms with Crippen LogP contribution in [0, 0.1) is 0 Å². The molecule has 2 aromatic rings. The molecule has 2 rings (SSSR count). The van der Waals surface area contributed by atoms with Crippen molar-refractivity contribution >= 4 is 16.7 Å². The van der Waals surface area contributed by atoms with Crippen molar-refractivity contribution in [3.05, 3.63) is 41.8 Å². The smallest absolute Gasteiger partial charge is 0.216 e. The molecule has 0 heterocycles. The molecule has 3 heteroatoms. The molecule has 0 radical (unpaired) electrons. The van der Waals surface area contributed by atoms with Crippen molar-refractivity contribution in [2.24, 2.45) is 0 Å². The minimum atomic E-state index is -3.14. The van der Waals surface area contributed by atoms with Crippen molar-refractivity contribution in [2.45, 2.75) is 13.2 Å². The minimum absolute atomic E-state index is 0.556. The Bertz CT molecular complexity index is 1090. The van der Waals surface area contributed by atoms with Gasteiger partial charge in [-0.05, 0) is 34.8 Å². The fourth-order valence-corrected chi connectivity index (χ4v) is 1.29. The number of ether oxygens (including phenoxy) is 1. The molecule has 0 fully saturated rings. The molecule has 2 aromatic carbocycles. The molecule has 0 aliphatic carbocycles. The van der Waals surface area contributed by atoms with Crippen LogP contribution >= 0.6 is 0 Å². The highest BCUT2D eigenvalue weighted by atomic mass is 16.5. The summed E-state index contributed by atoms with van der Waals surface area (Å²) in [7, 11) is -3.14. The number of rotatable bonds is 4. The van der Waals surface area contributed by atoms with Crippen LogP contribution in [0.3, 0.4) is 0 Å². The van der Waals surface area contributed by atoms with Crippen LogP contribution in [0.4, 0.5) is 0 Å². The lowest BCUT2D eigenvalue weighted by molar-refractivity contribution is -0.118. The maximum atomic E-state index is 11.7. The van der Waals surface area contributed by atoms with E-state index in [4.69, 9.17) is 19.2 Å². The van der Waals surface area contributed by atoms with E-state index in [9.17, 15) is 4.79 Å². The third-order valence-corrected chi connectivity index (χ3v) is 2.03. The van der Waals surface area contributed by atoms with Crippen LogP contribution < -0.4 is 10.1 Å². The lowest BCUT2D eigenvalue weighted by Gasteiger charge is -2.08. The number of benzene rings is 2. The molecule has 0 aromatic heterocycles. The predicted octanol–water partition coefficient (Wildman–Crippen LogP) is 2.53. The first-order valence-corrected chi connectivity index (χ1v) is 4.82. The minimum Gasteiger partial charge on any atom is -0.497 e. The highest BCUT2D eigenvalue weighted by molar-refractivity contribution is 5.87. The third-order valence-electron chi connectivity index (χ3n) is 2.03. The van der Waals surface area contributed by atoms with Crippen molar-refractivity contribution in [1.29, 1.82) is 0 Å². The summed E-state index contributed by atoms with van der Waals surface area (Å²) in [6.45, 7) is -4.10. The molecule has 0 aliphatic rings. The summed E-state index contributed by atoms with van der Waals surface area (Å²) < 4.78 is 113. The molecule has 0 saturated carbocycles. The molecule has 1 N–H and O–H groups in total. The maximum Gasteiger partial charge on any atom is 0.216 e.